The smallest absolute Gasteiger partial charge is 0.245 e. The van der Waals surface area contributed by atoms with Crippen LogP contribution in [0.25, 0.3) is 10.8 Å². The summed E-state index contributed by atoms with van der Waals surface area (Å²) in [6.07, 6.45) is 1.08. The second kappa shape index (κ2) is 8.40. The van der Waals surface area contributed by atoms with Crippen molar-refractivity contribution >= 4 is 38.1 Å². The average molecular weight is 414 g/mol. The summed E-state index contributed by atoms with van der Waals surface area (Å²) in [5, 5.41) is 4.34. The van der Waals surface area contributed by atoms with Crippen molar-refractivity contribution in [3.63, 3.8) is 0 Å². The molecule has 1 amide bonds. The number of hydrogen-bond acceptors (Lipinski definition) is 5. The van der Waals surface area contributed by atoms with Gasteiger partial charge in [-0.1, -0.05) is 36.4 Å². The molecule has 0 aromatic heterocycles. The number of sulfonamides is 1. The van der Waals surface area contributed by atoms with Crippen LogP contribution >= 0.6 is 0 Å². The Kier molecular flexibility index (Phi) is 5.93. The molecular weight excluding hydrogens is 392 g/mol. The molecule has 7 nitrogen and oxygen atoms in total. The first-order valence-electron chi connectivity index (χ1n) is 8.81. The average Bonchev–Trinajstić information content (AvgIpc) is 2.71. The third kappa shape index (κ3) is 4.60. The number of nitrogens with zero attached hydrogens (tertiary/aromatic N) is 1. The van der Waals surface area contributed by atoms with Crippen LogP contribution in [-0.4, -0.2) is 41.3 Å². The minimum Gasteiger partial charge on any atom is -0.497 e. The van der Waals surface area contributed by atoms with E-state index in [0.717, 1.165) is 21.3 Å². The highest BCUT2D eigenvalue weighted by molar-refractivity contribution is 7.92. The lowest BCUT2D eigenvalue weighted by molar-refractivity contribution is -0.114. The van der Waals surface area contributed by atoms with Crippen LogP contribution in [0.5, 0.6) is 11.5 Å². The van der Waals surface area contributed by atoms with E-state index < -0.39 is 15.9 Å². The van der Waals surface area contributed by atoms with Gasteiger partial charge in [-0.15, -0.1) is 0 Å². The van der Waals surface area contributed by atoms with E-state index in [9.17, 15) is 13.2 Å². The van der Waals surface area contributed by atoms with E-state index in [1.54, 1.807) is 30.3 Å². The van der Waals surface area contributed by atoms with Gasteiger partial charge in [-0.25, -0.2) is 8.42 Å². The van der Waals surface area contributed by atoms with Crippen LogP contribution in [0.2, 0.25) is 0 Å². The van der Waals surface area contributed by atoms with Crippen molar-refractivity contribution in [1.82, 2.24) is 0 Å². The van der Waals surface area contributed by atoms with E-state index in [2.05, 4.69) is 5.32 Å². The van der Waals surface area contributed by atoms with Gasteiger partial charge in [0.2, 0.25) is 15.9 Å². The number of hydrogen-bond donors (Lipinski definition) is 1. The Morgan fingerprint density at radius 1 is 1.00 bits per heavy atom. The molecule has 0 spiro atoms. The SMILES string of the molecule is COc1ccc(NC(=O)CN(c2cccc3ccccc23)S(C)(=O)=O)c(OC)c1. The lowest BCUT2D eigenvalue weighted by Crippen LogP contribution is -2.37. The van der Waals surface area contributed by atoms with Gasteiger partial charge >= 0.3 is 0 Å². The zero-order chi connectivity index (χ0) is 21.0. The van der Waals surface area contributed by atoms with Gasteiger partial charge in [-0.3, -0.25) is 9.10 Å². The molecule has 0 atom stereocenters. The molecule has 1 N–H and O–H groups in total. The minimum absolute atomic E-state index is 0.373. The molecule has 0 aliphatic carbocycles. The minimum atomic E-state index is -3.70. The predicted octanol–water partition coefficient (Wildman–Crippen LogP) is 3.26. The lowest BCUT2D eigenvalue weighted by atomic mass is 10.1. The van der Waals surface area contributed by atoms with Crippen molar-refractivity contribution in [2.24, 2.45) is 0 Å². The number of nitrogens with one attached hydrogen (secondary N) is 1. The maximum absolute atomic E-state index is 12.7. The first kappa shape index (κ1) is 20.5. The number of methoxy groups -OCH3 is 2. The van der Waals surface area contributed by atoms with E-state index in [1.807, 2.05) is 30.3 Å². The molecule has 29 heavy (non-hydrogen) atoms. The number of benzene rings is 3. The Hall–Kier alpha value is -3.26. The number of ether oxygens (including phenoxy) is 2. The molecule has 0 saturated heterocycles. The van der Waals surface area contributed by atoms with Crippen molar-refractivity contribution < 1.29 is 22.7 Å². The summed E-state index contributed by atoms with van der Waals surface area (Å²) >= 11 is 0. The molecule has 3 aromatic rings. The summed E-state index contributed by atoms with van der Waals surface area (Å²) < 4.78 is 36.5. The highest BCUT2D eigenvalue weighted by Crippen LogP contribution is 2.30. The van der Waals surface area contributed by atoms with Crippen LogP contribution in [0, 0.1) is 0 Å². The van der Waals surface area contributed by atoms with Gasteiger partial charge in [0.15, 0.2) is 0 Å². The standard InChI is InChI=1S/C21H22N2O5S/c1-27-16-11-12-18(20(13-16)28-2)22-21(24)14-23(29(3,25)26)19-10-6-8-15-7-4-5-9-17(15)19/h4-13H,14H2,1-3H3,(H,22,24). The summed E-state index contributed by atoms with van der Waals surface area (Å²) in [7, 11) is -0.697. The van der Waals surface area contributed by atoms with Crippen LogP contribution in [0.3, 0.4) is 0 Å². The predicted molar refractivity (Wildman–Crippen MR) is 114 cm³/mol. The Bertz CT molecular complexity index is 1140. The van der Waals surface area contributed by atoms with Crippen LogP contribution in [0.4, 0.5) is 11.4 Å². The van der Waals surface area contributed by atoms with Crippen LogP contribution in [0.1, 0.15) is 0 Å². The summed E-state index contributed by atoms with van der Waals surface area (Å²) in [5.74, 6) is 0.494. The van der Waals surface area contributed by atoms with E-state index in [4.69, 9.17) is 9.47 Å². The van der Waals surface area contributed by atoms with Gasteiger partial charge in [0.05, 0.1) is 31.9 Å². The van der Waals surface area contributed by atoms with Crippen molar-refractivity contribution in [1.29, 1.82) is 0 Å². The number of rotatable bonds is 7. The Morgan fingerprint density at radius 2 is 1.72 bits per heavy atom. The maximum atomic E-state index is 12.7. The molecular formula is C21H22N2O5S. The Labute approximate surface area is 169 Å². The summed E-state index contributed by atoms with van der Waals surface area (Å²) in [5.41, 5.74) is 0.868. The van der Waals surface area contributed by atoms with Crippen molar-refractivity contribution in [2.75, 3.05) is 36.6 Å². The molecule has 3 aromatic carbocycles. The zero-order valence-corrected chi connectivity index (χ0v) is 17.2. The van der Waals surface area contributed by atoms with Gasteiger partial charge in [-0.05, 0) is 23.6 Å². The summed E-state index contributed by atoms with van der Waals surface area (Å²) in [6, 6.07) is 17.7. The largest absolute Gasteiger partial charge is 0.497 e. The lowest BCUT2D eigenvalue weighted by Gasteiger charge is -2.23. The number of carbonyl (C=O) groups excluding carboxylic acids is 1. The fourth-order valence-electron chi connectivity index (χ4n) is 3.03. The first-order valence-corrected chi connectivity index (χ1v) is 10.7. The van der Waals surface area contributed by atoms with Gasteiger partial charge in [-0.2, -0.15) is 0 Å². The molecule has 0 aliphatic heterocycles. The molecule has 0 aliphatic rings. The highest BCUT2D eigenvalue weighted by Gasteiger charge is 2.23. The molecule has 0 heterocycles. The highest BCUT2D eigenvalue weighted by atomic mass is 32.2. The second-order valence-corrected chi connectivity index (χ2v) is 8.29. The number of carbonyl (C=O) groups is 1. The Balaban J connectivity index is 1.91. The topological polar surface area (TPSA) is 84.9 Å². The van der Waals surface area contributed by atoms with E-state index in [1.165, 1.54) is 14.2 Å². The third-order valence-electron chi connectivity index (χ3n) is 4.41. The fraction of sp³-hybridized carbons (Fsp3) is 0.190. The van der Waals surface area contributed by atoms with Crippen molar-refractivity contribution in [2.45, 2.75) is 0 Å². The monoisotopic (exact) mass is 414 g/mol. The van der Waals surface area contributed by atoms with Crippen LogP contribution in [-0.2, 0) is 14.8 Å². The van der Waals surface area contributed by atoms with Crippen molar-refractivity contribution in [3.8, 4) is 11.5 Å². The van der Waals surface area contributed by atoms with Gasteiger partial charge in [0.25, 0.3) is 0 Å². The van der Waals surface area contributed by atoms with Crippen LogP contribution < -0.4 is 19.1 Å². The van der Waals surface area contributed by atoms with Gasteiger partial charge < -0.3 is 14.8 Å². The third-order valence-corrected chi connectivity index (χ3v) is 5.53. The molecule has 0 bridgehead atoms. The van der Waals surface area contributed by atoms with Crippen LogP contribution in [0.15, 0.2) is 60.7 Å². The second-order valence-electron chi connectivity index (χ2n) is 6.38. The zero-order valence-electron chi connectivity index (χ0n) is 16.4. The quantitative estimate of drug-likeness (QED) is 0.641. The molecule has 0 saturated carbocycles. The summed E-state index contributed by atoms with van der Waals surface area (Å²) in [6.45, 7) is -0.373. The molecule has 0 fully saturated rings. The number of amides is 1. The van der Waals surface area contributed by atoms with Gasteiger partial charge in [0, 0.05) is 11.5 Å². The first-order chi connectivity index (χ1) is 13.8. The molecule has 152 valence electrons. The normalized spacial score (nSPS) is 11.1. The van der Waals surface area contributed by atoms with Gasteiger partial charge in [0.1, 0.15) is 18.0 Å². The molecule has 0 radical (unpaired) electrons. The van der Waals surface area contributed by atoms with E-state index in [0.29, 0.717) is 22.9 Å². The molecule has 0 unspecified atom stereocenters. The number of anilines is 2. The fourth-order valence-corrected chi connectivity index (χ4v) is 3.90. The van der Waals surface area contributed by atoms with Crippen molar-refractivity contribution in [3.05, 3.63) is 60.7 Å². The summed E-state index contributed by atoms with van der Waals surface area (Å²) in [4.78, 5) is 12.7. The van der Waals surface area contributed by atoms with E-state index in [-0.39, 0.29) is 6.54 Å². The number of fused-ring (bicyclic) bond motifs is 1. The maximum Gasteiger partial charge on any atom is 0.245 e. The Morgan fingerprint density at radius 3 is 2.41 bits per heavy atom. The molecule has 3 rings (SSSR count). The molecule has 8 heteroatoms. The van der Waals surface area contributed by atoms with E-state index >= 15 is 0 Å².